The lowest BCUT2D eigenvalue weighted by Gasteiger charge is -1.96. The molecule has 0 amide bonds. The van der Waals surface area contributed by atoms with E-state index in [2.05, 4.69) is 4.98 Å². The van der Waals surface area contributed by atoms with E-state index in [9.17, 15) is 5.11 Å². The molecule has 0 aliphatic rings. The van der Waals surface area contributed by atoms with Crippen molar-refractivity contribution >= 4 is 21.6 Å². The quantitative estimate of drug-likeness (QED) is 0.825. The van der Waals surface area contributed by atoms with Gasteiger partial charge in [-0.3, -0.25) is 0 Å². The second-order valence-electron chi connectivity index (χ2n) is 3.06. The Balaban J connectivity index is 2.54. The lowest BCUT2D eigenvalue weighted by molar-refractivity contribution is 0.199. The van der Waals surface area contributed by atoms with Gasteiger partial charge in [0.15, 0.2) is 0 Å². The predicted octanol–water partition coefficient (Wildman–Crippen LogP) is 2.36. The number of fused-ring (bicyclic) bond motifs is 1. The molecular weight excluding hydrogens is 198 g/mol. The van der Waals surface area contributed by atoms with Gasteiger partial charge in [0, 0.05) is 0 Å². The van der Waals surface area contributed by atoms with Crippen molar-refractivity contribution < 1.29 is 9.84 Å². The normalized spacial score (nSPS) is 13.1. The van der Waals surface area contributed by atoms with Crippen molar-refractivity contribution in [3.63, 3.8) is 0 Å². The molecule has 14 heavy (non-hydrogen) atoms. The Bertz CT molecular complexity index is 450. The van der Waals surface area contributed by atoms with Gasteiger partial charge in [-0.05, 0) is 25.1 Å². The first-order chi connectivity index (χ1) is 6.70. The largest absolute Gasteiger partial charge is 0.497 e. The molecule has 2 rings (SSSR count). The van der Waals surface area contributed by atoms with Crippen LogP contribution in [-0.4, -0.2) is 17.2 Å². The molecule has 0 spiro atoms. The van der Waals surface area contributed by atoms with E-state index < -0.39 is 6.10 Å². The fraction of sp³-hybridized carbons (Fsp3) is 0.300. The molecule has 0 saturated carbocycles. The lowest BCUT2D eigenvalue weighted by Crippen LogP contribution is -1.87. The Morgan fingerprint density at radius 2 is 2.29 bits per heavy atom. The zero-order valence-electron chi connectivity index (χ0n) is 8.02. The Labute approximate surface area is 86.0 Å². The summed E-state index contributed by atoms with van der Waals surface area (Å²) in [7, 11) is 1.64. The molecule has 3 nitrogen and oxygen atoms in total. The number of aliphatic hydroxyl groups excluding tert-OH is 1. The van der Waals surface area contributed by atoms with Crippen LogP contribution in [0.4, 0.5) is 0 Å². The first-order valence-electron chi connectivity index (χ1n) is 4.33. The second-order valence-corrected chi connectivity index (χ2v) is 4.12. The Morgan fingerprint density at radius 3 is 2.93 bits per heavy atom. The summed E-state index contributed by atoms with van der Waals surface area (Å²) in [6.07, 6.45) is -0.501. The summed E-state index contributed by atoms with van der Waals surface area (Å²) in [5, 5.41) is 10.1. The first-order valence-corrected chi connectivity index (χ1v) is 5.15. The summed E-state index contributed by atoms with van der Waals surface area (Å²) < 4.78 is 6.15. The maximum absolute atomic E-state index is 9.37. The number of hydrogen-bond donors (Lipinski definition) is 1. The minimum Gasteiger partial charge on any atom is -0.497 e. The van der Waals surface area contributed by atoms with Gasteiger partial charge in [0.2, 0.25) is 0 Å². The van der Waals surface area contributed by atoms with Crippen LogP contribution in [0.3, 0.4) is 0 Å². The number of benzene rings is 1. The van der Waals surface area contributed by atoms with E-state index in [1.54, 1.807) is 14.0 Å². The fourth-order valence-electron chi connectivity index (χ4n) is 1.23. The van der Waals surface area contributed by atoms with Crippen molar-refractivity contribution in [1.82, 2.24) is 4.98 Å². The van der Waals surface area contributed by atoms with Gasteiger partial charge in [0.1, 0.15) is 16.9 Å². The number of thiazole rings is 1. The van der Waals surface area contributed by atoms with E-state index in [1.807, 2.05) is 18.2 Å². The zero-order chi connectivity index (χ0) is 10.1. The van der Waals surface area contributed by atoms with Crippen LogP contribution in [0.5, 0.6) is 5.75 Å². The fourth-order valence-corrected chi connectivity index (χ4v) is 2.16. The van der Waals surface area contributed by atoms with Crippen LogP contribution in [0.15, 0.2) is 18.2 Å². The molecule has 0 saturated heterocycles. The number of ether oxygens (including phenoxy) is 1. The van der Waals surface area contributed by atoms with Gasteiger partial charge in [-0.15, -0.1) is 11.3 Å². The van der Waals surface area contributed by atoms with Crippen LogP contribution >= 0.6 is 11.3 Å². The Kier molecular flexibility index (Phi) is 2.39. The summed E-state index contributed by atoms with van der Waals surface area (Å²) in [5.74, 6) is 0.818. The van der Waals surface area contributed by atoms with Crippen LogP contribution in [0.25, 0.3) is 10.2 Å². The molecule has 1 aromatic carbocycles. The van der Waals surface area contributed by atoms with Crippen LogP contribution < -0.4 is 4.74 Å². The Morgan fingerprint density at radius 1 is 1.50 bits per heavy atom. The summed E-state index contributed by atoms with van der Waals surface area (Å²) >= 11 is 1.49. The number of aromatic nitrogens is 1. The number of hydrogen-bond acceptors (Lipinski definition) is 4. The first kappa shape index (κ1) is 9.43. The van der Waals surface area contributed by atoms with E-state index in [0.717, 1.165) is 21.0 Å². The molecule has 0 radical (unpaired) electrons. The average molecular weight is 209 g/mol. The highest BCUT2D eigenvalue weighted by atomic mass is 32.1. The highest BCUT2D eigenvalue weighted by Gasteiger charge is 2.08. The molecule has 1 heterocycles. The smallest absolute Gasteiger partial charge is 0.122 e. The van der Waals surface area contributed by atoms with Crippen molar-refractivity contribution in [2.75, 3.05) is 7.11 Å². The third-order valence-corrected chi connectivity index (χ3v) is 3.16. The molecule has 0 fully saturated rings. The van der Waals surface area contributed by atoms with Gasteiger partial charge >= 0.3 is 0 Å². The number of nitrogens with zero attached hydrogens (tertiary/aromatic N) is 1. The SMILES string of the molecule is COc1ccc2nc(C(C)O)sc2c1. The minimum absolute atomic E-state index is 0.501. The zero-order valence-corrected chi connectivity index (χ0v) is 8.84. The van der Waals surface area contributed by atoms with Crippen molar-refractivity contribution in [3.8, 4) is 5.75 Å². The number of rotatable bonds is 2. The van der Waals surface area contributed by atoms with Gasteiger partial charge < -0.3 is 9.84 Å². The predicted molar refractivity (Wildman–Crippen MR) is 56.8 cm³/mol. The average Bonchev–Trinajstić information content (AvgIpc) is 2.59. The molecule has 0 aliphatic heterocycles. The van der Waals surface area contributed by atoms with Gasteiger partial charge in [-0.25, -0.2) is 4.98 Å². The van der Waals surface area contributed by atoms with Gasteiger partial charge in [-0.1, -0.05) is 0 Å². The molecule has 0 bridgehead atoms. The summed E-state index contributed by atoms with van der Waals surface area (Å²) in [4.78, 5) is 4.30. The third-order valence-electron chi connectivity index (χ3n) is 1.97. The molecule has 2 aromatic rings. The van der Waals surface area contributed by atoms with Gasteiger partial charge in [0.25, 0.3) is 0 Å². The topological polar surface area (TPSA) is 42.4 Å². The molecule has 1 atom stereocenters. The van der Waals surface area contributed by atoms with Crippen molar-refractivity contribution in [3.05, 3.63) is 23.2 Å². The van der Waals surface area contributed by atoms with Crippen molar-refractivity contribution in [2.24, 2.45) is 0 Å². The van der Waals surface area contributed by atoms with Crippen LogP contribution in [-0.2, 0) is 0 Å². The molecule has 4 heteroatoms. The molecule has 1 N–H and O–H groups in total. The third kappa shape index (κ3) is 1.58. The monoisotopic (exact) mass is 209 g/mol. The lowest BCUT2D eigenvalue weighted by atomic mass is 10.3. The number of aliphatic hydroxyl groups is 1. The van der Waals surface area contributed by atoms with Gasteiger partial charge in [-0.2, -0.15) is 0 Å². The highest BCUT2D eigenvalue weighted by Crippen LogP contribution is 2.28. The minimum atomic E-state index is -0.501. The second kappa shape index (κ2) is 3.55. The van der Waals surface area contributed by atoms with Crippen LogP contribution in [0.1, 0.15) is 18.0 Å². The standard InChI is InChI=1S/C10H11NO2S/c1-6(12)10-11-8-4-3-7(13-2)5-9(8)14-10/h3-6,12H,1-2H3. The van der Waals surface area contributed by atoms with E-state index >= 15 is 0 Å². The molecule has 1 aromatic heterocycles. The van der Waals surface area contributed by atoms with Crippen molar-refractivity contribution in [2.45, 2.75) is 13.0 Å². The molecule has 74 valence electrons. The van der Waals surface area contributed by atoms with E-state index in [-0.39, 0.29) is 0 Å². The van der Waals surface area contributed by atoms with Crippen molar-refractivity contribution in [1.29, 1.82) is 0 Å². The van der Waals surface area contributed by atoms with Gasteiger partial charge in [0.05, 0.1) is 17.3 Å². The molecular formula is C10H11NO2S. The van der Waals surface area contributed by atoms with Crippen LogP contribution in [0, 0.1) is 0 Å². The summed E-state index contributed by atoms with van der Waals surface area (Å²) in [6.45, 7) is 1.72. The van der Waals surface area contributed by atoms with E-state index in [0.29, 0.717) is 0 Å². The van der Waals surface area contributed by atoms with Crippen LogP contribution in [0.2, 0.25) is 0 Å². The highest BCUT2D eigenvalue weighted by molar-refractivity contribution is 7.18. The molecule has 1 unspecified atom stereocenters. The summed E-state index contributed by atoms with van der Waals surface area (Å²) in [5.41, 5.74) is 0.909. The number of methoxy groups -OCH3 is 1. The maximum Gasteiger partial charge on any atom is 0.122 e. The Hall–Kier alpha value is -1.13. The summed E-state index contributed by atoms with van der Waals surface area (Å²) in [6, 6.07) is 5.70. The maximum atomic E-state index is 9.37. The molecule has 0 aliphatic carbocycles. The van der Waals surface area contributed by atoms with E-state index in [1.165, 1.54) is 11.3 Å². The van der Waals surface area contributed by atoms with E-state index in [4.69, 9.17) is 4.74 Å².